The molecule has 0 amide bonds. The molecule has 0 atom stereocenters. The van der Waals surface area contributed by atoms with Crippen LogP contribution in [-0.2, 0) is 0 Å². The summed E-state index contributed by atoms with van der Waals surface area (Å²) in [6.07, 6.45) is 9.86. The van der Waals surface area contributed by atoms with E-state index < -0.39 is 0 Å². The molecule has 4 rings (SSSR count). The Morgan fingerprint density at radius 1 is 0.864 bits per heavy atom. The first-order valence-corrected chi connectivity index (χ1v) is 7.06. The first-order chi connectivity index (χ1) is 10.8. The molecule has 7 nitrogen and oxygen atoms in total. The van der Waals surface area contributed by atoms with E-state index in [2.05, 4.69) is 24.8 Å². The van der Waals surface area contributed by atoms with Crippen molar-refractivity contribution < 1.29 is 4.39 Å². The molecule has 0 spiro atoms. The number of hydrogen-bond acceptors (Lipinski definition) is 6. The number of hydrogen-bond donors (Lipinski definition) is 0. The van der Waals surface area contributed by atoms with Gasteiger partial charge in [-0.25, -0.2) is 24.3 Å². The van der Waals surface area contributed by atoms with Crippen LogP contribution >= 0.6 is 0 Å². The number of imidazole rings is 1. The third kappa shape index (κ3) is 2.12. The SMILES string of the molecule is Fc1cncnc1N1CCN(c2nccn3ccnc23)CC1. The first-order valence-electron chi connectivity index (χ1n) is 7.06. The van der Waals surface area contributed by atoms with Crippen LogP contribution in [0.2, 0.25) is 0 Å². The molecule has 112 valence electrons. The van der Waals surface area contributed by atoms with Crippen LogP contribution in [0.5, 0.6) is 0 Å². The number of halogens is 1. The van der Waals surface area contributed by atoms with E-state index in [9.17, 15) is 4.39 Å². The lowest BCUT2D eigenvalue weighted by Crippen LogP contribution is -2.47. The smallest absolute Gasteiger partial charge is 0.183 e. The van der Waals surface area contributed by atoms with Gasteiger partial charge in [-0.1, -0.05) is 0 Å². The van der Waals surface area contributed by atoms with Crippen LogP contribution in [0.3, 0.4) is 0 Å². The van der Waals surface area contributed by atoms with Crippen molar-refractivity contribution in [2.45, 2.75) is 0 Å². The highest BCUT2D eigenvalue weighted by atomic mass is 19.1. The molecule has 0 bridgehead atoms. The molecule has 1 aliphatic heterocycles. The summed E-state index contributed by atoms with van der Waals surface area (Å²) in [7, 11) is 0. The van der Waals surface area contributed by atoms with E-state index in [1.807, 2.05) is 21.7 Å². The van der Waals surface area contributed by atoms with Crippen molar-refractivity contribution in [3.8, 4) is 0 Å². The predicted octanol–water partition coefficient (Wildman–Crippen LogP) is 0.985. The molecule has 0 unspecified atom stereocenters. The van der Waals surface area contributed by atoms with Crippen LogP contribution in [0.15, 0.2) is 37.3 Å². The summed E-state index contributed by atoms with van der Waals surface area (Å²) in [5.41, 5.74) is 0.837. The van der Waals surface area contributed by atoms with Gasteiger partial charge >= 0.3 is 0 Å². The number of rotatable bonds is 2. The summed E-state index contributed by atoms with van der Waals surface area (Å²) in [5, 5.41) is 0. The highest BCUT2D eigenvalue weighted by Crippen LogP contribution is 2.21. The van der Waals surface area contributed by atoms with Crippen LogP contribution in [0, 0.1) is 5.82 Å². The summed E-state index contributed by atoms with van der Waals surface area (Å²) >= 11 is 0. The van der Waals surface area contributed by atoms with Crippen molar-refractivity contribution in [2.24, 2.45) is 0 Å². The standard InChI is InChI=1S/C14H14FN7/c15-11-9-16-10-19-12(11)21-5-7-22(8-6-21)14-13-17-1-3-20(13)4-2-18-14/h1-4,9-10H,5-8H2. The molecule has 0 radical (unpaired) electrons. The maximum absolute atomic E-state index is 13.8. The van der Waals surface area contributed by atoms with E-state index in [1.165, 1.54) is 12.5 Å². The van der Waals surface area contributed by atoms with E-state index in [0.29, 0.717) is 18.9 Å². The molecule has 3 aromatic rings. The molecule has 0 aliphatic carbocycles. The van der Waals surface area contributed by atoms with Gasteiger partial charge in [0.25, 0.3) is 0 Å². The molecule has 0 saturated carbocycles. The van der Waals surface area contributed by atoms with Gasteiger partial charge in [-0.05, 0) is 0 Å². The van der Waals surface area contributed by atoms with Crippen molar-refractivity contribution in [2.75, 3.05) is 36.0 Å². The van der Waals surface area contributed by atoms with Crippen molar-refractivity contribution in [1.82, 2.24) is 24.3 Å². The fourth-order valence-corrected chi connectivity index (χ4v) is 2.73. The second kappa shape index (κ2) is 5.21. The third-order valence-electron chi connectivity index (χ3n) is 3.82. The van der Waals surface area contributed by atoms with Gasteiger partial charge in [0.15, 0.2) is 23.1 Å². The minimum absolute atomic E-state index is 0.363. The van der Waals surface area contributed by atoms with Gasteiger partial charge in [-0.15, -0.1) is 0 Å². The van der Waals surface area contributed by atoms with Crippen LogP contribution in [0.25, 0.3) is 5.65 Å². The van der Waals surface area contributed by atoms with Gasteiger partial charge in [0, 0.05) is 51.0 Å². The number of anilines is 2. The largest absolute Gasteiger partial charge is 0.351 e. The molecule has 1 saturated heterocycles. The maximum Gasteiger partial charge on any atom is 0.183 e. The second-order valence-electron chi connectivity index (χ2n) is 5.08. The minimum Gasteiger partial charge on any atom is -0.351 e. The Hall–Kier alpha value is -2.77. The van der Waals surface area contributed by atoms with Gasteiger partial charge in [0.2, 0.25) is 0 Å². The molecule has 0 aromatic carbocycles. The molecule has 0 N–H and O–H groups in total. The monoisotopic (exact) mass is 299 g/mol. The summed E-state index contributed by atoms with van der Waals surface area (Å²) in [6, 6.07) is 0. The molecule has 4 heterocycles. The molecular weight excluding hydrogens is 285 g/mol. The summed E-state index contributed by atoms with van der Waals surface area (Å²) in [4.78, 5) is 20.6. The van der Waals surface area contributed by atoms with Crippen LogP contribution < -0.4 is 9.80 Å². The number of piperazine rings is 1. The molecular formula is C14H14FN7. The van der Waals surface area contributed by atoms with Crippen LogP contribution in [-0.4, -0.2) is 50.5 Å². The van der Waals surface area contributed by atoms with Crippen molar-refractivity contribution in [1.29, 1.82) is 0 Å². The zero-order valence-electron chi connectivity index (χ0n) is 11.8. The highest BCUT2D eigenvalue weighted by Gasteiger charge is 2.22. The lowest BCUT2D eigenvalue weighted by Gasteiger charge is -2.35. The zero-order valence-corrected chi connectivity index (χ0v) is 11.8. The van der Waals surface area contributed by atoms with Crippen molar-refractivity contribution >= 4 is 17.3 Å². The Kier molecular flexibility index (Phi) is 3.06. The Labute approximate surface area is 126 Å². The Morgan fingerprint density at radius 2 is 1.55 bits per heavy atom. The molecule has 3 aromatic heterocycles. The van der Waals surface area contributed by atoms with Crippen LogP contribution in [0.1, 0.15) is 0 Å². The molecule has 1 fully saturated rings. The van der Waals surface area contributed by atoms with Crippen molar-refractivity contribution in [3.05, 3.63) is 43.1 Å². The maximum atomic E-state index is 13.8. The van der Waals surface area contributed by atoms with E-state index in [0.717, 1.165) is 24.6 Å². The van der Waals surface area contributed by atoms with E-state index in [-0.39, 0.29) is 5.82 Å². The van der Waals surface area contributed by atoms with Gasteiger partial charge in [0.05, 0.1) is 6.20 Å². The summed E-state index contributed by atoms with van der Waals surface area (Å²) < 4.78 is 15.7. The average Bonchev–Trinajstić information content (AvgIpc) is 3.04. The minimum atomic E-state index is -0.385. The van der Waals surface area contributed by atoms with E-state index in [1.54, 1.807) is 12.4 Å². The van der Waals surface area contributed by atoms with Crippen molar-refractivity contribution in [3.63, 3.8) is 0 Å². The normalized spacial score (nSPS) is 15.5. The molecule has 1 aliphatic rings. The first kappa shape index (κ1) is 12.9. The van der Waals surface area contributed by atoms with Gasteiger partial charge in [-0.3, -0.25) is 0 Å². The zero-order chi connectivity index (χ0) is 14.9. The number of nitrogens with zero attached hydrogens (tertiary/aromatic N) is 7. The Bertz CT molecular complexity index is 794. The third-order valence-corrected chi connectivity index (χ3v) is 3.82. The number of fused-ring (bicyclic) bond motifs is 1. The topological polar surface area (TPSA) is 62.5 Å². The second-order valence-corrected chi connectivity index (χ2v) is 5.08. The predicted molar refractivity (Wildman–Crippen MR) is 79.4 cm³/mol. The van der Waals surface area contributed by atoms with Gasteiger partial charge in [0.1, 0.15) is 6.33 Å². The molecule has 22 heavy (non-hydrogen) atoms. The van der Waals surface area contributed by atoms with E-state index >= 15 is 0 Å². The lowest BCUT2D eigenvalue weighted by molar-refractivity contribution is 0.581. The molecule has 8 heteroatoms. The average molecular weight is 299 g/mol. The Morgan fingerprint density at radius 3 is 2.27 bits per heavy atom. The Balaban J connectivity index is 1.55. The summed E-state index contributed by atoms with van der Waals surface area (Å²) in [5.74, 6) is 0.835. The van der Waals surface area contributed by atoms with E-state index in [4.69, 9.17) is 0 Å². The fraction of sp³-hybridized carbons (Fsp3) is 0.286. The quantitative estimate of drug-likeness (QED) is 0.703. The number of aromatic nitrogens is 5. The highest BCUT2D eigenvalue weighted by molar-refractivity contribution is 5.64. The fourth-order valence-electron chi connectivity index (χ4n) is 2.73. The lowest BCUT2D eigenvalue weighted by atomic mass is 10.3. The van der Waals surface area contributed by atoms with Crippen LogP contribution in [0.4, 0.5) is 16.0 Å². The van der Waals surface area contributed by atoms with Gasteiger partial charge < -0.3 is 14.2 Å². The summed E-state index contributed by atoms with van der Waals surface area (Å²) in [6.45, 7) is 2.83. The van der Waals surface area contributed by atoms with Gasteiger partial charge in [-0.2, -0.15) is 0 Å².